The first kappa shape index (κ1) is 33.8. The molecule has 0 radical (unpaired) electrons. The van der Waals surface area contributed by atoms with Crippen LogP contribution in [0.2, 0.25) is 0 Å². The Morgan fingerprint density at radius 1 is 0.884 bits per heavy atom. The monoisotopic (exact) mass is 598 g/mol. The SMILES string of the molecule is CC(C)(C)CC(C)(C)CC(=O)C[C@H](C(=O)N1C[C@H]2[C@@H]([C@H]1C(=O)CC(CC1CCC1)C(=O)C(N)=O)C2(C)C)C1CCCCC1. The summed E-state index contributed by atoms with van der Waals surface area (Å²) in [6, 6.07) is -0.601. The van der Waals surface area contributed by atoms with E-state index < -0.39 is 29.6 Å². The van der Waals surface area contributed by atoms with E-state index in [2.05, 4.69) is 48.5 Å². The lowest BCUT2D eigenvalue weighted by atomic mass is 9.71. The van der Waals surface area contributed by atoms with Gasteiger partial charge in [-0.15, -0.1) is 0 Å². The van der Waals surface area contributed by atoms with Crippen molar-refractivity contribution in [2.45, 2.75) is 138 Å². The van der Waals surface area contributed by atoms with Gasteiger partial charge in [0, 0.05) is 37.6 Å². The molecule has 0 aromatic heterocycles. The van der Waals surface area contributed by atoms with E-state index in [1.54, 1.807) is 4.90 Å². The third-order valence-corrected chi connectivity index (χ3v) is 11.4. The molecule has 0 aromatic carbocycles. The highest BCUT2D eigenvalue weighted by molar-refractivity contribution is 6.36. The molecule has 0 bridgehead atoms. The van der Waals surface area contributed by atoms with Gasteiger partial charge in [0.2, 0.25) is 11.7 Å². The van der Waals surface area contributed by atoms with E-state index in [0.717, 1.165) is 57.8 Å². The fourth-order valence-corrected chi connectivity index (χ4v) is 9.42. The molecular formula is C36H58N2O5. The van der Waals surface area contributed by atoms with Gasteiger partial charge < -0.3 is 10.6 Å². The van der Waals surface area contributed by atoms with Gasteiger partial charge in [-0.05, 0) is 65.6 Å². The number of hydrogen-bond donors (Lipinski definition) is 1. The number of likely N-dealkylation sites (tertiary alicyclic amines) is 1. The summed E-state index contributed by atoms with van der Waals surface area (Å²) < 4.78 is 0. The zero-order valence-electron chi connectivity index (χ0n) is 28.0. The van der Waals surface area contributed by atoms with Crippen molar-refractivity contribution in [1.29, 1.82) is 0 Å². The number of rotatable bonds is 14. The van der Waals surface area contributed by atoms with E-state index in [0.29, 0.717) is 25.3 Å². The number of Topliss-reactive ketones (excluding diaryl/α,β-unsaturated/α-hetero) is 3. The number of primary amides is 1. The standard InChI is InChI=1S/C36H58N2O5/c1-34(2,3)21-35(4,5)19-25(39)18-26(23-14-9-8-10-15-23)33(43)38-20-27-29(36(27,6)7)30(38)28(40)17-24(31(41)32(37)42)16-22-12-11-13-22/h22-24,26-27,29-30H,8-21H2,1-7H3,(H2,37,42)/t24?,26-,27-,29-,30+/m0/s1. The summed E-state index contributed by atoms with van der Waals surface area (Å²) in [5.41, 5.74) is 5.30. The molecule has 0 spiro atoms. The van der Waals surface area contributed by atoms with Crippen molar-refractivity contribution in [1.82, 2.24) is 4.90 Å². The topological polar surface area (TPSA) is 115 Å². The quantitative estimate of drug-likeness (QED) is 0.236. The molecule has 7 heteroatoms. The molecule has 3 aliphatic carbocycles. The summed E-state index contributed by atoms with van der Waals surface area (Å²) in [5, 5.41) is 0. The second kappa shape index (κ2) is 12.7. The van der Waals surface area contributed by atoms with Crippen LogP contribution in [0.5, 0.6) is 0 Å². The normalized spacial score (nSPS) is 27.1. The number of piperidine rings is 1. The average Bonchev–Trinajstić information content (AvgIpc) is 3.19. The highest BCUT2D eigenvalue weighted by atomic mass is 16.2. The van der Waals surface area contributed by atoms with E-state index >= 15 is 0 Å². The largest absolute Gasteiger partial charge is 0.363 e. The summed E-state index contributed by atoms with van der Waals surface area (Å²) in [6.45, 7) is 15.7. The van der Waals surface area contributed by atoms with Crippen LogP contribution in [0.4, 0.5) is 0 Å². The van der Waals surface area contributed by atoms with Gasteiger partial charge in [-0.25, -0.2) is 0 Å². The Labute approximate surface area is 259 Å². The van der Waals surface area contributed by atoms with Crippen molar-refractivity contribution < 1.29 is 24.0 Å². The van der Waals surface area contributed by atoms with Crippen LogP contribution in [-0.4, -0.2) is 46.7 Å². The zero-order valence-corrected chi connectivity index (χ0v) is 28.0. The first-order valence-corrected chi connectivity index (χ1v) is 17.1. The number of nitrogens with two attached hydrogens (primary N) is 1. The third kappa shape index (κ3) is 7.97. The van der Waals surface area contributed by atoms with Crippen LogP contribution in [0.3, 0.4) is 0 Å². The van der Waals surface area contributed by atoms with Crippen molar-refractivity contribution in [3.8, 4) is 0 Å². The molecule has 1 unspecified atom stereocenters. The van der Waals surface area contributed by atoms with E-state index in [1.807, 2.05) is 0 Å². The number of ketones is 3. The maximum Gasteiger partial charge on any atom is 0.285 e. The maximum atomic E-state index is 14.5. The number of amides is 2. The lowest BCUT2D eigenvalue weighted by Gasteiger charge is -2.37. The zero-order chi connectivity index (χ0) is 31.9. The molecule has 4 rings (SSSR count). The van der Waals surface area contributed by atoms with Gasteiger partial charge in [0.1, 0.15) is 5.78 Å². The summed E-state index contributed by atoms with van der Waals surface area (Å²) in [7, 11) is 0. The van der Waals surface area contributed by atoms with E-state index in [-0.39, 0.29) is 64.3 Å². The molecule has 1 aliphatic heterocycles. The summed E-state index contributed by atoms with van der Waals surface area (Å²) in [6.07, 6.45) is 10.4. The predicted molar refractivity (Wildman–Crippen MR) is 168 cm³/mol. The van der Waals surface area contributed by atoms with Crippen LogP contribution in [0, 0.1) is 51.8 Å². The van der Waals surface area contributed by atoms with Gasteiger partial charge in [-0.2, -0.15) is 0 Å². The number of carbonyl (C=O) groups excluding carboxylic acids is 5. The third-order valence-electron chi connectivity index (χ3n) is 11.4. The Morgan fingerprint density at radius 3 is 2.05 bits per heavy atom. The van der Waals surface area contributed by atoms with Gasteiger partial charge in [0.05, 0.1) is 6.04 Å². The fraction of sp³-hybridized carbons (Fsp3) is 0.861. The maximum absolute atomic E-state index is 14.5. The molecule has 43 heavy (non-hydrogen) atoms. The van der Waals surface area contributed by atoms with Crippen molar-refractivity contribution in [2.24, 2.45) is 57.5 Å². The van der Waals surface area contributed by atoms with Gasteiger partial charge in [0.25, 0.3) is 5.91 Å². The molecule has 1 heterocycles. The molecule has 3 saturated carbocycles. The van der Waals surface area contributed by atoms with Crippen molar-refractivity contribution >= 4 is 29.2 Å². The second-order valence-corrected chi connectivity index (χ2v) is 17.3. The molecule has 5 atom stereocenters. The van der Waals surface area contributed by atoms with Crippen LogP contribution >= 0.6 is 0 Å². The van der Waals surface area contributed by atoms with Crippen LogP contribution < -0.4 is 5.73 Å². The van der Waals surface area contributed by atoms with Crippen molar-refractivity contribution in [2.75, 3.05) is 6.54 Å². The molecule has 7 nitrogen and oxygen atoms in total. The van der Waals surface area contributed by atoms with Crippen LogP contribution in [0.25, 0.3) is 0 Å². The van der Waals surface area contributed by atoms with E-state index in [1.165, 1.54) is 0 Å². The Hall–Kier alpha value is -2.05. The first-order valence-electron chi connectivity index (χ1n) is 17.1. The molecule has 4 aliphatic rings. The number of fused-ring (bicyclic) bond motifs is 1. The van der Waals surface area contributed by atoms with E-state index in [9.17, 15) is 24.0 Å². The van der Waals surface area contributed by atoms with Gasteiger partial charge in [0.15, 0.2) is 5.78 Å². The molecule has 242 valence electrons. The predicted octanol–water partition coefficient (Wildman–Crippen LogP) is 6.30. The van der Waals surface area contributed by atoms with Crippen LogP contribution in [-0.2, 0) is 24.0 Å². The van der Waals surface area contributed by atoms with Gasteiger partial charge >= 0.3 is 0 Å². The Morgan fingerprint density at radius 2 is 1.51 bits per heavy atom. The summed E-state index contributed by atoms with van der Waals surface area (Å²) in [5.74, 6) is -2.02. The molecule has 1 saturated heterocycles. The van der Waals surface area contributed by atoms with E-state index in [4.69, 9.17) is 5.73 Å². The molecule has 4 fully saturated rings. The summed E-state index contributed by atoms with van der Waals surface area (Å²) in [4.78, 5) is 68.7. The fourth-order valence-electron chi connectivity index (χ4n) is 9.42. The molecule has 0 aromatic rings. The highest BCUT2D eigenvalue weighted by Gasteiger charge is 2.69. The van der Waals surface area contributed by atoms with Crippen LogP contribution in [0.15, 0.2) is 0 Å². The van der Waals surface area contributed by atoms with Gasteiger partial charge in [-0.1, -0.05) is 87.0 Å². The molecule has 2 N–H and O–H groups in total. The molecule has 2 amide bonds. The number of nitrogens with zero attached hydrogens (tertiary/aromatic N) is 1. The minimum absolute atomic E-state index is 0.0416. The minimum Gasteiger partial charge on any atom is -0.363 e. The average molecular weight is 599 g/mol. The first-order chi connectivity index (χ1) is 19.9. The Kier molecular flexibility index (Phi) is 10.0. The Bertz CT molecular complexity index is 1090. The highest BCUT2D eigenvalue weighted by Crippen LogP contribution is 2.65. The smallest absolute Gasteiger partial charge is 0.285 e. The van der Waals surface area contributed by atoms with Crippen molar-refractivity contribution in [3.05, 3.63) is 0 Å². The lowest BCUT2D eigenvalue weighted by molar-refractivity contribution is -0.147. The number of hydrogen-bond acceptors (Lipinski definition) is 5. The van der Waals surface area contributed by atoms with Gasteiger partial charge in [-0.3, -0.25) is 24.0 Å². The number of carbonyl (C=O) groups is 5. The lowest BCUT2D eigenvalue weighted by Crippen LogP contribution is -2.50. The molecular weight excluding hydrogens is 540 g/mol. The Balaban J connectivity index is 1.54. The van der Waals surface area contributed by atoms with Crippen LogP contribution in [0.1, 0.15) is 132 Å². The minimum atomic E-state index is -0.980. The van der Waals surface area contributed by atoms with Crippen molar-refractivity contribution in [3.63, 3.8) is 0 Å². The summed E-state index contributed by atoms with van der Waals surface area (Å²) >= 11 is 0. The second-order valence-electron chi connectivity index (χ2n) is 17.3.